The number of amides is 2. The summed E-state index contributed by atoms with van der Waals surface area (Å²) in [6.45, 7) is 2.75. The molecule has 0 aromatic heterocycles. The van der Waals surface area contributed by atoms with E-state index in [0.29, 0.717) is 19.0 Å². The third kappa shape index (κ3) is 3.37. The van der Waals surface area contributed by atoms with Crippen LogP contribution in [0.5, 0.6) is 0 Å². The van der Waals surface area contributed by atoms with Gasteiger partial charge < -0.3 is 20.4 Å². The number of rotatable bonds is 3. The predicted molar refractivity (Wildman–Crippen MR) is 57.0 cm³/mol. The molecule has 92 valence electrons. The van der Waals surface area contributed by atoms with Gasteiger partial charge in [-0.05, 0) is 18.8 Å². The van der Waals surface area contributed by atoms with Gasteiger partial charge in [-0.2, -0.15) is 0 Å². The molecule has 3 N–H and O–H groups in total. The highest BCUT2D eigenvalue weighted by molar-refractivity contribution is 5.82. The summed E-state index contributed by atoms with van der Waals surface area (Å²) in [6, 6.07) is -1.63. The second-order valence-corrected chi connectivity index (χ2v) is 4.22. The Kier molecular flexibility index (Phi) is 4.54. The summed E-state index contributed by atoms with van der Waals surface area (Å²) < 4.78 is 0. The number of carboxylic acid groups (broad SMARTS) is 1. The fourth-order valence-corrected chi connectivity index (χ4v) is 1.80. The van der Waals surface area contributed by atoms with E-state index in [-0.39, 0.29) is 0 Å². The van der Waals surface area contributed by atoms with Crippen molar-refractivity contribution in [3.63, 3.8) is 0 Å². The van der Waals surface area contributed by atoms with Crippen LogP contribution in [0.2, 0.25) is 0 Å². The lowest BCUT2D eigenvalue weighted by atomic mass is 10.0. The number of aliphatic hydroxyl groups excluding tert-OH is 1. The Morgan fingerprint density at radius 2 is 2.25 bits per heavy atom. The second-order valence-electron chi connectivity index (χ2n) is 4.22. The van der Waals surface area contributed by atoms with Crippen molar-refractivity contribution in [2.75, 3.05) is 19.7 Å². The van der Waals surface area contributed by atoms with Gasteiger partial charge in [0, 0.05) is 13.1 Å². The minimum atomic E-state index is -1.22. The number of carbonyl (C=O) groups excluding carboxylic acids is 1. The maximum absolute atomic E-state index is 11.7. The highest BCUT2D eigenvalue weighted by atomic mass is 16.4. The molecule has 2 atom stereocenters. The summed E-state index contributed by atoms with van der Waals surface area (Å²) in [5.74, 6) is -0.780. The largest absolute Gasteiger partial charge is 0.480 e. The first kappa shape index (κ1) is 12.8. The van der Waals surface area contributed by atoms with Gasteiger partial charge in [-0.3, -0.25) is 0 Å². The Morgan fingerprint density at radius 3 is 2.75 bits per heavy atom. The minimum Gasteiger partial charge on any atom is -0.480 e. The molecule has 1 saturated heterocycles. The Morgan fingerprint density at radius 1 is 1.56 bits per heavy atom. The summed E-state index contributed by atoms with van der Waals surface area (Å²) in [7, 11) is 0. The van der Waals surface area contributed by atoms with E-state index in [0.717, 1.165) is 12.8 Å². The normalized spacial score (nSPS) is 22.6. The van der Waals surface area contributed by atoms with Gasteiger partial charge in [-0.25, -0.2) is 9.59 Å². The summed E-state index contributed by atoms with van der Waals surface area (Å²) in [5, 5.41) is 19.8. The maximum Gasteiger partial charge on any atom is 0.328 e. The number of urea groups is 1. The second kappa shape index (κ2) is 5.69. The van der Waals surface area contributed by atoms with Crippen molar-refractivity contribution < 1.29 is 19.8 Å². The lowest BCUT2D eigenvalue weighted by Crippen LogP contribution is -2.51. The molecule has 2 amide bonds. The standard InChI is InChI=1S/C10H18N2O4/c1-7-3-2-4-12(5-7)10(16)11-8(6-13)9(14)15/h7-8,13H,2-6H2,1H3,(H,11,16)(H,14,15). The van der Waals surface area contributed by atoms with Crippen molar-refractivity contribution in [2.24, 2.45) is 5.92 Å². The zero-order valence-corrected chi connectivity index (χ0v) is 9.35. The molecular formula is C10H18N2O4. The van der Waals surface area contributed by atoms with Gasteiger partial charge >= 0.3 is 12.0 Å². The van der Waals surface area contributed by atoms with Crippen LogP contribution in [0.3, 0.4) is 0 Å². The number of hydrogen-bond acceptors (Lipinski definition) is 3. The van der Waals surface area contributed by atoms with Crippen molar-refractivity contribution in [1.29, 1.82) is 0 Å². The van der Waals surface area contributed by atoms with Gasteiger partial charge in [0.05, 0.1) is 6.61 Å². The van der Waals surface area contributed by atoms with Crippen molar-refractivity contribution in [3.05, 3.63) is 0 Å². The molecule has 1 aliphatic heterocycles. The van der Waals surface area contributed by atoms with Crippen LogP contribution in [-0.4, -0.2) is 52.9 Å². The molecule has 2 unspecified atom stereocenters. The van der Waals surface area contributed by atoms with E-state index in [2.05, 4.69) is 12.2 Å². The Hall–Kier alpha value is -1.30. The first-order chi connectivity index (χ1) is 7.54. The summed E-state index contributed by atoms with van der Waals surface area (Å²) >= 11 is 0. The average molecular weight is 230 g/mol. The molecule has 0 bridgehead atoms. The Bertz CT molecular complexity index is 270. The third-order valence-corrected chi connectivity index (χ3v) is 2.72. The monoisotopic (exact) mass is 230 g/mol. The van der Waals surface area contributed by atoms with E-state index in [1.54, 1.807) is 4.90 Å². The number of piperidine rings is 1. The number of aliphatic carboxylic acids is 1. The molecule has 0 aromatic carbocycles. The number of hydrogen-bond donors (Lipinski definition) is 3. The Balaban J connectivity index is 2.47. The molecule has 1 fully saturated rings. The van der Waals surface area contributed by atoms with Crippen molar-refractivity contribution in [2.45, 2.75) is 25.8 Å². The summed E-state index contributed by atoms with van der Waals surface area (Å²) in [5.41, 5.74) is 0. The number of nitrogens with one attached hydrogen (secondary N) is 1. The van der Waals surface area contributed by atoms with Gasteiger partial charge in [0.15, 0.2) is 6.04 Å². The zero-order chi connectivity index (χ0) is 12.1. The van der Waals surface area contributed by atoms with Crippen LogP contribution in [0.25, 0.3) is 0 Å². The first-order valence-corrected chi connectivity index (χ1v) is 5.43. The molecule has 6 nitrogen and oxygen atoms in total. The van der Waals surface area contributed by atoms with E-state index in [4.69, 9.17) is 10.2 Å². The number of carbonyl (C=O) groups is 2. The third-order valence-electron chi connectivity index (χ3n) is 2.72. The molecular weight excluding hydrogens is 212 g/mol. The van der Waals surface area contributed by atoms with Crippen molar-refractivity contribution in [1.82, 2.24) is 10.2 Å². The van der Waals surface area contributed by atoms with Crippen LogP contribution >= 0.6 is 0 Å². The lowest BCUT2D eigenvalue weighted by molar-refractivity contribution is -0.140. The molecule has 1 rings (SSSR count). The number of aliphatic hydroxyl groups is 1. The number of nitrogens with zero attached hydrogens (tertiary/aromatic N) is 1. The molecule has 0 saturated carbocycles. The molecule has 6 heteroatoms. The van der Waals surface area contributed by atoms with Crippen LogP contribution in [0.15, 0.2) is 0 Å². The zero-order valence-electron chi connectivity index (χ0n) is 9.35. The van der Waals surface area contributed by atoms with E-state index >= 15 is 0 Å². The smallest absolute Gasteiger partial charge is 0.328 e. The molecule has 0 aromatic rings. The first-order valence-electron chi connectivity index (χ1n) is 5.43. The van der Waals surface area contributed by atoms with Gasteiger partial charge in [0.1, 0.15) is 0 Å². The molecule has 1 aliphatic rings. The fraction of sp³-hybridized carbons (Fsp3) is 0.800. The number of likely N-dealkylation sites (tertiary alicyclic amines) is 1. The van der Waals surface area contributed by atoms with Gasteiger partial charge in [-0.1, -0.05) is 6.92 Å². The van der Waals surface area contributed by atoms with Gasteiger partial charge in [-0.15, -0.1) is 0 Å². The predicted octanol–water partition coefficient (Wildman–Crippen LogP) is -0.127. The van der Waals surface area contributed by atoms with Crippen LogP contribution in [-0.2, 0) is 4.79 Å². The Labute approximate surface area is 94.2 Å². The fourth-order valence-electron chi connectivity index (χ4n) is 1.80. The molecule has 16 heavy (non-hydrogen) atoms. The van der Waals surface area contributed by atoms with Crippen LogP contribution in [0.1, 0.15) is 19.8 Å². The quantitative estimate of drug-likeness (QED) is 0.630. The van der Waals surface area contributed by atoms with E-state index in [1.807, 2.05) is 0 Å². The highest BCUT2D eigenvalue weighted by Gasteiger charge is 2.25. The molecule has 1 heterocycles. The van der Waals surface area contributed by atoms with Gasteiger partial charge in [0.2, 0.25) is 0 Å². The molecule has 0 spiro atoms. The topological polar surface area (TPSA) is 89.9 Å². The average Bonchev–Trinajstić information content (AvgIpc) is 2.25. The lowest BCUT2D eigenvalue weighted by Gasteiger charge is -2.31. The van der Waals surface area contributed by atoms with Crippen LogP contribution in [0, 0.1) is 5.92 Å². The van der Waals surface area contributed by atoms with Crippen LogP contribution < -0.4 is 5.32 Å². The van der Waals surface area contributed by atoms with E-state index < -0.39 is 24.6 Å². The number of carboxylic acids is 1. The minimum absolute atomic E-state index is 0.409. The van der Waals surface area contributed by atoms with E-state index in [9.17, 15) is 9.59 Å². The van der Waals surface area contributed by atoms with Crippen molar-refractivity contribution in [3.8, 4) is 0 Å². The molecule has 0 radical (unpaired) electrons. The van der Waals surface area contributed by atoms with E-state index in [1.165, 1.54) is 0 Å². The SMILES string of the molecule is CC1CCCN(C(=O)NC(CO)C(=O)O)C1. The summed E-state index contributed by atoms with van der Waals surface area (Å²) in [4.78, 5) is 23.9. The highest BCUT2D eigenvalue weighted by Crippen LogP contribution is 2.15. The summed E-state index contributed by atoms with van der Waals surface area (Å²) in [6.07, 6.45) is 2.03. The maximum atomic E-state index is 11.7. The van der Waals surface area contributed by atoms with Gasteiger partial charge in [0.25, 0.3) is 0 Å². The van der Waals surface area contributed by atoms with Crippen molar-refractivity contribution >= 4 is 12.0 Å². The molecule has 0 aliphatic carbocycles. The van der Waals surface area contributed by atoms with Crippen LogP contribution in [0.4, 0.5) is 4.79 Å².